The number of rotatable bonds is 2. The molecule has 21 heavy (non-hydrogen) atoms. The minimum absolute atomic E-state index is 0. The summed E-state index contributed by atoms with van der Waals surface area (Å²) in [6, 6.07) is -1.36. The average molecular weight is 364 g/mol. The Bertz CT molecular complexity index is 497. The second-order valence-corrected chi connectivity index (χ2v) is 4.18. The van der Waals surface area contributed by atoms with Crippen molar-refractivity contribution in [3.8, 4) is 0 Å². The van der Waals surface area contributed by atoms with Gasteiger partial charge in [-0.05, 0) is 11.6 Å². The molecular formula is C10H7Cl2F8N. The van der Waals surface area contributed by atoms with Crippen LogP contribution in [0.5, 0.6) is 0 Å². The van der Waals surface area contributed by atoms with Gasteiger partial charge >= 0.3 is 18.3 Å². The second-order valence-electron chi connectivity index (χ2n) is 3.80. The molecule has 0 unspecified atom stereocenters. The molecule has 0 heterocycles. The van der Waals surface area contributed by atoms with Gasteiger partial charge in [0.05, 0.1) is 10.6 Å². The number of benzene rings is 1. The van der Waals surface area contributed by atoms with Crippen LogP contribution >= 0.6 is 24.0 Å². The Hall–Kier alpha value is -0.800. The van der Waals surface area contributed by atoms with E-state index >= 15 is 0 Å². The van der Waals surface area contributed by atoms with Crippen LogP contribution in [0.2, 0.25) is 5.02 Å². The van der Waals surface area contributed by atoms with Gasteiger partial charge in [-0.25, -0.2) is 0 Å². The quantitative estimate of drug-likeness (QED) is 0.737. The van der Waals surface area contributed by atoms with Crippen LogP contribution in [-0.2, 0) is 6.18 Å². The van der Waals surface area contributed by atoms with Gasteiger partial charge in [0.15, 0.2) is 0 Å². The lowest BCUT2D eigenvalue weighted by atomic mass is 9.98. The molecule has 0 spiro atoms. The van der Waals surface area contributed by atoms with Crippen LogP contribution in [-0.4, -0.2) is 12.1 Å². The van der Waals surface area contributed by atoms with Gasteiger partial charge in [0.1, 0.15) is 6.04 Å². The van der Waals surface area contributed by atoms with Crippen molar-refractivity contribution in [2.75, 3.05) is 0 Å². The van der Waals surface area contributed by atoms with E-state index in [0.717, 1.165) is 0 Å². The fraction of sp³-hybridized carbons (Fsp3) is 0.400. The highest BCUT2D eigenvalue weighted by Crippen LogP contribution is 2.46. The van der Waals surface area contributed by atoms with Gasteiger partial charge in [0.25, 0.3) is 0 Å². The van der Waals surface area contributed by atoms with Gasteiger partial charge in [-0.3, -0.25) is 0 Å². The molecule has 11 heteroatoms. The summed E-state index contributed by atoms with van der Waals surface area (Å²) in [5.74, 6) is -5.42. The van der Waals surface area contributed by atoms with Crippen LogP contribution in [0.1, 0.15) is 17.2 Å². The van der Waals surface area contributed by atoms with E-state index in [1.165, 1.54) is 0 Å². The van der Waals surface area contributed by atoms with Crippen molar-refractivity contribution in [3.63, 3.8) is 0 Å². The summed E-state index contributed by atoms with van der Waals surface area (Å²) >= 11 is 5.24. The lowest BCUT2D eigenvalue weighted by molar-refractivity contribution is -0.291. The molecule has 0 aliphatic carbocycles. The first-order valence-corrected chi connectivity index (χ1v) is 5.23. The van der Waals surface area contributed by atoms with E-state index in [2.05, 4.69) is 0 Å². The SMILES string of the molecule is Cl.N[C@H](c1cccc(C(F)(F)F)c1Cl)C(F)(F)C(F)(F)F. The fourth-order valence-corrected chi connectivity index (χ4v) is 1.73. The average Bonchev–Trinajstić information content (AvgIpc) is 2.25. The normalized spacial score (nSPS) is 14.6. The van der Waals surface area contributed by atoms with Gasteiger partial charge in [-0.2, -0.15) is 35.1 Å². The zero-order valence-corrected chi connectivity index (χ0v) is 11.3. The van der Waals surface area contributed by atoms with Crippen LogP contribution in [0.4, 0.5) is 35.1 Å². The highest BCUT2D eigenvalue weighted by atomic mass is 35.5. The topological polar surface area (TPSA) is 26.0 Å². The monoisotopic (exact) mass is 363 g/mol. The Morgan fingerprint density at radius 2 is 1.43 bits per heavy atom. The van der Waals surface area contributed by atoms with E-state index in [4.69, 9.17) is 17.3 Å². The number of hydrogen-bond acceptors (Lipinski definition) is 1. The molecule has 0 aromatic heterocycles. The second kappa shape index (κ2) is 6.13. The zero-order chi connectivity index (χ0) is 15.9. The molecule has 1 nitrogen and oxygen atoms in total. The smallest absolute Gasteiger partial charge is 0.319 e. The first-order chi connectivity index (χ1) is 8.80. The van der Waals surface area contributed by atoms with E-state index in [-0.39, 0.29) is 12.4 Å². The largest absolute Gasteiger partial charge is 0.455 e. The molecule has 0 bridgehead atoms. The van der Waals surface area contributed by atoms with Gasteiger partial charge in [0, 0.05) is 0 Å². The molecule has 1 aromatic rings. The van der Waals surface area contributed by atoms with E-state index in [1.54, 1.807) is 0 Å². The molecule has 1 aromatic carbocycles. The maximum Gasteiger partial charge on any atom is 0.455 e. The molecule has 2 N–H and O–H groups in total. The van der Waals surface area contributed by atoms with Crippen molar-refractivity contribution in [2.45, 2.75) is 24.3 Å². The minimum Gasteiger partial charge on any atom is -0.319 e. The van der Waals surface area contributed by atoms with Gasteiger partial charge in [0.2, 0.25) is 0 Å². The number of alkyl halides is 8. The summed E-state index contributed by atoms with van der Waals surface area (Å²) in [6.07, 6.45) is -11.0. The lowest BCUT2D eigenvalue weighted by Gasteiger charge is -2.27. The molecule has 0 radical (unpaired) electrons. The van der Waals surface area contributed by atoms with Crippen molar-refractivity contribution in [2.24, 2.45) is 5.73 Å². The highest BCUT2D eigenvalue weighted by molar-refractivity contribution is 6.32. The summed E-state index contributed by atoms with van der Waals surface area (Å²) < 4.78 is 99.9. The predicted molar refractivity (Wildman–Crippen MR) is 61.6 cm³/mol. The first kappa shape index (κ1) is 20.2. The van der Waals surface area contributed by atoms with Gasteiger partial charge < -0.3 is 5.73 Å². The molecule has 122 valence electrons. The Labute approximate surface area is 124 Å². The van der Waals surface area contributed by atoms with E-state index < -0.39 is 40.5 Å². The third-order valence-electron chi connectivity index (χ3n) is 2.44. The molecular weight excluding hydrogens is 357 g/mol. The molecule has 0 saturated heterocycles. The summed E-state index contributed by atoms with van der Waals surface area (Å²) in [6.45, 7) is 0. The van der Waals surface area contributed by atoms with Crippen LogP contribution < -0.4 is 5.73 Å². The molecule has 1 rings (SSSR count). The predicted octanol–water partition coefficient (Wildman–Crippen LogP) is 4.98. The van der Waals surface area contributed by atoms with Crippen LogP contribution in [0, 0.1) is 0 Å². The van der Waals surface area contributed by atoms with Crippen molar-refractivity contribution >= 4 is 24.0 Å². The molecule has 0 amide bonds. The summed E-state index contributed by atoms with van der Waals surface area (Å²) in [5, 5.41) is -1.28. The number of nitrogens with two attached hydrogens (primary N) is 1. The third kappa shape index (κ3) is 3.89. The standard InChI is InChI=1S/C10H6ClF8N.ClH/c11-6-4(2-1-3-5(6)9(14,15)16)7(20)8(12,13)10(17,18)19;/h1-3,7H,20H2;1H/t7-;/m1./s1. The lowest BCUT2D eigenvalue weighted by Crippen LogP contribution is -2.46. The number of hydrogen-bond donors (Lipinski definition) is 1. The molecule has 0 saturated carbocycles. The van der Waals surface area contributed by atoms with Crippen molar-refractivity contribution in [3.05, 3.63) is 34.3 Å². The van der Waals surface area contributed by atoms with Crippen molar-refractivity contribution in [1.29, 1.82) is 0 Å². The highest BCUT2D eigenvalue weighted by Gasteiger charge is 2.62. The van der Waals surface area contributed by atoms with Crippen LogP contribution in [0.3, 0.4) is 0 Å². The zero-order valence-electron chi connectivity index (χ0n) is 9.70. The Morgan fingerprint density at radius 3 is 1.81 bits per heavy atom. The Kier molecular flexibility index (Phi) is 5.90. The summed E-state index contributed by atoms with van der Waals surface area (Å²) in [7, 11) is 0. The van der Waals surface area contributed by atoms with Crippen LogP contribution in [0.25, 0.3) is 0 Å². The summed E-state index contributed by atoms with van der Waals surface area (Å²) in [5.41, 5.74) is 2.08. The molecule has 0 aliphatic rings. The van der Waals surface area contributed by atoms with Gasteiger partial charge in [-0.1, -0.05) is 23.7 Å². The van der Waals surface area contributed by atoms with Crippen LogP contribution in [0.15, 0.2) is 18.2 Å². The third-order valence-corrected chi connectivity index (χ3v) is 2.86. The van der Waals surface area contributed by atoms with E-state index in [1.807, 2.05) is 0 Å². The number of halogens is 10. The van der Waals surface area contributed by atoms with Gasteiger partial charge in [-0.15, -0.1) is 12.4 Å². The molecule has 0 fully saturated rings. The van der Waals surface area contributed by atoms with E-state index in [9.17, 15) is 35.1 Å². The summed E-state index contributed by atoms with van der Waals surface area (Å²) in [4.78, 5) is 0. The Balaban J connectivity index is 0.00000400. The Morgan fingerprint density at radius 1 is 0.952 bits per heavy atom. The minimum atomic E-state index is -6.01. The maximum absolute atomic E-state index is 13.0. The van der Waals surface area contributed by atoms with E-state index in [0.29, 0.717) is 18.2 Å². The maximum atomic E-state index is 13.0. The molecule has 1 atom stereocenters. The fourth-order valence-electron chi connectivity index (χ4n) is 1.38. The van der Waals surface area contributed by atoms with Crippen molar-refractivity contribution in [1.82, 2.24) is 0 Å². The molecule has 0 aliphatic heterocycles. The first-order valence-electron chi connectivity index (χ1n) is 4.86. The van der Waals surface area contributed by atoms with Crippen molar-refractivity contribution < 1.29 is 35.1 Å².